The Morgan fingerprint density at radius 1 is 1.58 bits per heavy atom. The molecule has 1 heterocycles. The summed E-state index contributed by atoms with van der Waals surface area (Å²) in [5.41, 5.74) is 2.87. The summed E-state index contributed by atoms with van der Waals surface area (Å²) in [4.78, 5) is 14.5. The third kappa shape index (κ3) is 3.41. The van der Waals surface area contributed by atoms with Crippen LogP contribution in [0.25, 0.3) is 0 Å². The summed E-state index contributed by atoms with van der Waals surface area (Å²) in [6, 6.07) is 4.48. The molecular weight excluding hydrogens is 270 g/mol. The van der Waals surface area contributed by atoms with Crippen LogP contribution in [0.5, 0.6) is 0 Å². The van der Waals surface area contributed by atoms with Crippen molar-refractivity contribution in [2.75, 3.05) is 13.1 Å². The highest BCUT2D eigenvalue weighted by atomic mass is 35.5. The Labute approximate surface area is 114 Å². The molecule has 0 bridgehead atoms. The fraction of sp³-hybridized carbons (Fsp3) is 0.273. The molecule has 2 N–H and O–H groups in total. The van der Waals surface area contributed by atoms with Crippen LogP contribution in [-0.4, -0.2) is 30.2 Å². The van der Waals surface area contributed by atoms with E-state index in [0.29, 0.717) is 5.96 Å². The second kappa shape index (κ2) is 6.14. The molecule has 100 valence electrons. The number of nitro benzene ring substituents is 1. The maximum absolute atomic E-state index is 10.9. The number of nitrogens with one attached hydrogen (secondary N) is 2. The summed E-state index contributed by atoms with van der Waals surface area (Å²) in [5, 5.41) is 18.1. The van der Waals surface area contributed by atoms with Crippen LogP contribution in [0.3, 0.4) is 0 Å². The second-order valence-corrected chi connectivity index (χ2v) is 4.22. The summed E-state index contributed by atoms with van der Waals surface area (Å²) in [7, 11) is 0. The van der Waals surface area contributed by atoms with E-state index in [9.17, 15) is 10.1 Å². The first-order valence-electron chi connectivity index (χ1n) is 5.69. The van der Waals surface area contributed by atoms with Gasteiger partial charge in [-0.25, -0.2) is 5.43 Å². The van der Waals surface area contributed by atoms with Gasteiger partial charge in [-0.15, -0.1) is 0 Å². The maximum atomic E-state index is 10.9. The molecule has 0 saturated heterocycles. The van der Waals surface area contributed by atoms with Gasteiger partial charge in [-0.3, -0.25) is 15.1 Å². The van der Waals surface area contributed by atoms with Crippen LogP contribution in [0.1, 0.15) is 12.0 Å². The molecular formula is C11H12ClN5O2. The predicted molar refractivity (Wildman–Crippen MR) is 73.8 cm³/mol. The first kappa shape index (κ1) is 13.3. The molecule has 1 aromatic carbocycles. The molecule has 0 fully saturated rings. The average Bonchev–Trinajstić information content (AvgIpc) is 2.41. The molecule has 0 saturated carbocycles. The summed E-state index contributed by atoms with van der Waals surface area (Å²) < 4.78 is 0. The largest absolute Gasteiger partial charge is 0.355 e. The minimum absolute atomic E-state index is 0.0865. The van der Waals surface area contributed by atoms with Crippen molar-refractivity contribution in [1.82, 2.24) is 10.7 Å². The number of halogens is 1. The number of rotatable bonds is 3. The molecule has 1 aromatic rings. The summed E-state index contributed by atoms with van der Waals surface area (Å²) in [6.07, 6.45) is 2.30. The fourth-order valence-electron chi connectivity index (χ4n) is 1.58. The first-order chi connectivity index (χ1) is 9.18. The number of aliphatic imine (C=N–C) groups is 1. The minimum atomic E-state index is -0.496. The Balaban J connectivity index is 2.14. The van der Waals surface area contributed by atoms with Crippen LogP contribution in [0.2, 0.25) is 5.02 Å². The van der Waals surface area contributed by atoms with Gasteiger partial charge in [0.15, 0.2) is 0 Å². The Kier molecular flexibility index (Phi) is 4.30. The van der Waals surface area contributed by atoms with E-state index >= 15 is 0 Å². The van der Waals surface area contributed by atoms with E-state index in [-0.39, 0.29) is 16.3 Å². The maximum Gasteiger partial charge on any atom is 0.279 e. The fourth-order valence-corrected chi connectivity index (χ4v) is 1.80. The lowest BCUT2D eigenvalue weighted by molar-refractivity contribution is -0.385. The van der Waals surface area contributed by atoms with E-state index in [1.54, 1.807) is 6.07 Å². The van der Waals surface area contributed by atoms with Gasteiger partial charge in [-0.2, -0.15) is 5.10 Å². The molecule has 19 heavy (non-hydrogen) atoms. The lowest BCUT2D eigenvalue weighted by atomic mass is 10.2. The third-order valence-corrected chi connectivity index (χ3v) is 2.82. The van der Waals surface area contributed by atoms with Gasteiger partial charge in [-0.1, -0.05) is 17.7 Å². The van der Waals surface area contributed by atoms with Crippen molar-refractivity contribution in [2.45, 2.75) is 6.42 Å². The average molecular weight is 282 g/mol. The van der Waals surface area contributed by atoms with Crippen LogP contribution >= 0.6 is 11.6 Å². The topological polar surface area (TPSA) is 91.9 Å². The van der Waals surface area contributed by atoms with E-state index in [1.165, 1.54) is 18.3 Å². The molecule has 1 aliphatic heterocycles. The van der Waals surface area contributed by atoms with E-state index in [0.717, 1.165) is 19.5 Å². The number of nitro groups is 1. The zero-order chi connectivity index (χ0) is 13.7. The molecule has 2 rings (SSSR count). The minimum Gasteiger partial charge on any atom is -0.355 e. The van der Waals surface area contributed by atoms with Gasteiger partial charge >= 0.3 is 0 Å². The van der Waals surface area contributed by atoms with Gasteiger partial charge in [0, 0.05) is 19.2 Å². The number of hydrazone groups is 1. The molecule has 7 nitrogen and oxygen atoms in total. The summed E-state index contributed by atoms with van der Waals surface area (Å²) in [6.45, 7) is 1.56. The second-order valence-electron chi connectivity index (χ2n) is 3.81. The van der Waals surface area contributed by atoms with Gasteiger partial charge in [0.1, 0.15) is 0 Å². The van der Waals surface area contributed by atoms with Gasteiger partial charge in [0.25, 0.3) is 5.69 Å². The number of hydrogen-bond acceptors (Lipinski definition) is 6. The molecule has 0 amide bonds. The van der Waals surface area contributed by atoms with E-state index < -0.39 is 4.92 Å². The number of benzene rings is 1. The van der Waals surface area contributed by atoms with Crippen molar-refractivity contribution in [3.05, 3.63) is 38.9 Å². The van der Waals surface area contributed by atoms with Gasteiger partial charge in [-0.05, 0) is 12.5 Å². The van der Waals surface area contributed by atoms with Gasteiger partial charge in [0.05, 0.1) is 21.7 Å². The SMILES string of the molecule is O=[N+]([O-])c1cccc(Cl)c1C=NNC1=NCCCN1. The Morgan fingerprint density at radius 3 is 3.11 bits per heavy atom. The number of guanidine groups is 1. The summed E-state index contributed by atoms with van der Waals surface area (Å²) >= 11 is 5.93. The molecule has 0 spiro atoms. The van der Waals surface area contributed by atoms with Gasteiger partial charge in [0.2, 0.25) is 5.96 Å². The molecule has 0 unspecified atom stereocenters. The van der Waals surface area contributed by atoms with Gasteiger partial charge < -0.3 is 5.32 Å². The lowest BCUT2D eigenvalue weighted by Crippen LogP contribution is -2.38. The first-order valence-corrected chi connectivity index (χ1v) is 6.06. The Morgan fingerprint density at radius 2 is 2.42 bits per heavy atom. The molecule has 0 atom stereocenters. The lowest BCUT2D eigenvalue weighted by Gasteiger charge is -2.12. The van der Waals surface area contributed by atoms with Crippen molar-refractivity contribution in [2.24, 2.45) is 10.1 Å². The standard InChI is InChI=1S/C11H12ClN5O2/c12-9-3-1-4-10(17(18)19)8(9)7-15-16-11-13-5-2-6-14-11/h1,3-4,7H,2,5-6H2,(H2,13,14,16). The molecule has 8 heteroatoms. The quantitative estimate of drug-likeness (QED) is 0.499. The zero-order valence-electron chi connectivity index (χ0n) is 9.97. The van der Waals surface area contributed by atoms with Crippen molar-refractivity contribution >= 4 is 29.5 Å². The van der Waals surface area contributed by atoms with Crippen molar-refractivity contribution in [1.29, 1.82) is 0 Å². The van der Waals surface area contributed by atoms with Crippen LogP contribution < -0.4 is 10.7 Å². The number of hydrogen-bond donors (Lipinski definition) is 2. The smallest absolute Gasteiger partial charge is 0.279 e. The molecule has 0 radical (unpaired) electrons. The predicted octanol–water partition coefficient (Wildman–Crippen LogP) is 1.52. The normalized spacial score (nSPS) is 14.9. The van der Waals surface area contributed by atoms with Crippen LogP contribution in [0, 0.1) is 10.1 Å². The van der Waals surface area contributed by atoms with Crippen LogP contribution in [0.15, 0.2) is 28.3 Å². The van der Waals surface area contributed by atoms with Crippen molar-refractivity contribution in [3.63, 3.8) is 0 Å². The highest BCUT2D eigenvalue weighted by molar-refractivity contribution is 6.33. The van der Waals surface area contributed by atoms with Crippen LogP contribution in [0.4, 0.5) is 5.69 Å². The Hall–Kier alpha value is -2.15. The van der Waals surface area contributed by atoms with E-state index in [2.05, 4.69) is 20.8 Å². The third-order valence-electron chi connectivity index (χ3n) is 2.49. The van der Waals surface area contributed by atoms with E-state index in [1.807, 2.05) is 0 Å². The highest BCUT2D eigenvalue weighted by Gasteiger charge is 2.14. The van der Waals surface area contributed by atoms with Crippen LogP contribution in [-0.2, 0) is 0 Å². The van der Waals surface area contributed by atoms with Crippen molar-refractivity contribution in [3.8, 4) is 0 Å². The van der Waals surface area contributed by atoms with E-state index in [4.69, 9.17) is 11.6 Å². The summed E-state index contributed by atoms with van der Waals surface area (Å²) in [5.74, 6) is 0.553. The highest BCUT2D eigenvalue weighted by Crippen LogP contribution is 2.24. The monoisotopic (exact) mass is 281 g/mol. The Bertz CT molecular complexity index is 544. The zero-order valence-corrected chi connectivity index (χ0v) is 10.7. The molecule has 0 aromatic heterocycles. The number of nitrogens with zero attached hydrogens (tertiary/aromatic N) is 3. The van der Waals surface area contributed by atoms with Crippen molar-refractivity contribution < 1.29 is 4.92 Å². The molecule has 0 aliphatic carbocycles. The molecule has 1 aliphatic rings.